The Labute approximate surface area is 84.5 Å². The van der Waals surface area contributed by atoms with Crippen molar-refractivity contribution in [2.75, 3.05) is 24.8 Å². The van der Waals surface area contributed by atoms with E-state index in [9.17, 15) is 0 Å². The first-order valence-corrected chi connectivity index (χ1v) is 4.88. The first-order valence-electron chi connectivity index (χ1n) is 4.88. The largest absolute Gasteiger partial charge is 0.497 e. The van der Waals surface area contributed by atoms with Crippen molar-refractivity contribution in [1.29, 1.82) is 0 Å². The number of benzene rings is 1. The lowest BCUT2D eigenvalue weighted by molar-refractivity contribution is 0.415. The molecule has 0 bridgehead atoms. The molecule has 0 radical (unpaired) electrons. The molecule has 0 heterocycles. The van der Waals surface area contributed by atoms with Crippen molar-refractivity contribution in [1.82, 2.24) is 0 Å². The molecule has 0 aliphatic heterocycles. The maximum absolute atomic E-state index is 5.94. The van der Waals surface area contributed by atoms with Crippen molar-refractivity contribution in [3.8, 4) is 5.75 Å². The van der Waals surface area contributed by atoms with Crippen LogP contribution in [0.1, 0.15) is 12.8 Å². The predicted octanol–water partition coefficient (Wildman–Crippen LogP) is 1.88. The molecule has 1 saturated carbocycles. The number of rotatable bonds is 3. The molecule has 0 aromatic heterocycles. The van der Waals surface area contributed by atoms with Gasteiger partial charge in [-0.3, -0.25) is 0 Å². The SMILES string of the molecule is COc1ccc(N(C)C2CC2)c(N)c1. The highest BCUT2D eigenvalue weighted by molar-refractivity contribution is 5.70. The zero-order chi connectivity index (χ0) is 10.1. The summed E-state index contributed by atoms with van der Waals surface area (Å²) < 4.78 is 5.11. The van der Waals surface area contributed by atoms with E-state index in [4.69, 9.17) is 10.5 Å². The normalized spacial score (nSPS) is 15.3. The molecular formula is C11H16N2O. The molecule has 3 nitrogen and oxygen atoms in total. The molecule has 1 aromatic rings. The number of nitrogens with zero attached hydrogens (tertiary/aromatic N) is 1. The third-order valence-corrected chi connectivity index (χ3v) is 2.71. The first-order chi connectivity index (χ1) is 6.72. The Morgan fingerprint density at radius 1 is 1.43 bits per heavy atom. The van der Waals surface area contributed by atoms with Gasteiger partial charge in [0.05, 0.1) is 18.5 Å². The van der Waals surface area contributed by atoms with Crippen molar-refractivity contribution < 1.29 is 4.74 Å². The molecule has 2 N–H and O–H groups in total. The van der Waals surface area contributed by atoms with Gasteiger partial charge in [-0.25, -0.2) is 0 Å². The Balaban J connectivity index is 2.24. The van der Waals surface area contributed by atoms with Crippen LogP contribution in [0, 0.1) is 0 Å². The Morgan fingerprint density at radius 2 is 2.14 bits per heavy atom. The molecule has 0 spiro atoms. The zero-order valence-corrected chi connectivity index (χ0v) is 8.66. The lowest BCUT2D eigenvalue weighted by Gasteiger charge is -2.20. The monoisotopic (exact) mass is 192 g/mol. The summed E-state index contributed by atoms with van der Waals surface area (Å²) in [6.45, 7) is 0. The van der Waals surface area contributed by atoms with Crippen LogP contribution < -0.4 is 15.4 Å². The van der Waals surface area contributed by atoms with E-state index in [2.05, 4.69) is 11.9 Å². The summed E-state index contributed by atoms with van der Waals surface area (Å²) in [7, 11) is 3.74. The third kappa shape index (κ3) is 1.62. The van der Waals surface area contributed by atoms with Gasteiger partial charge in [-0.15, -0.1) is 0 Å². The van der Waals surface area contributed by atoms with E-state index in [0.29, 0.717) is 6.04 Å². The molecule has 3 heteroatoms. The first kappa shape index (κ1) is 9.19. The maximum atomic E-state index is 5.94. The molecule has 0 amide bonds. The van der Waals surface area contributed by atoms with Gasteiger partial charge in [-0.05, 0) is 25.0 Å². The summed E-state index contributed by atoms with van der Waals surface area (Å²) in [6.07, 6.45) is 2.56. The van der Waals surface area contributed by atoms with Gasteiger partial charge >= 0.3 is 0 Å². The average molecular weight is 192 g/mol. The van der Waals surface area contributed by atoms with Crippen molar-refractivity contribution in [2.24, 2.45) is 0 Å². The van der Waals surface area contributed by atoms with Gasteiger partial charge in [0.25, 0.3) is 0 Å². The van der Waals surface area contributed by atoms with Crippen molar-refractivity contribution in [2.45, 2.75) is 18.9 Å². The van der Waals surface area contributed by atoms with Gasteiger partial charge in [-0.2, -0.15) is 0 Å². The number of nitrogens with two attached hydrogens (primary N) is 1. The van der Waals surface area contributed by atoms with Crippen LogP contribution in [0.5, 0.6) is 5.75 Å². The van der Waals surface area contributed by atoms with E-state index >= 15 is 0 Å². The predicted molar refractivity (Wildman–Crippen MR) is 58.8 cm³/mol. The summed E-state index contributed by atoms with van der Waals surface area (Å²) in [6, 6.07) is 6.52. The molecule has 76 valence electrons. The second-order valence-electron chi connectivity index (χ2n) is 3.77. The second kappa shape index (κ2) is 3.40. The summed E-state index contributed by atoms with van der Waals surface area (Å²) in [4.78, 5) is 2.24. The lowest BCUT2D eigenvalue weighted by atomic mass is 10.2. The molecule has 1 fully saturated rings. The highest BCUT2D eigenvalue weighted by Crippen LogP contribution is 2.34. The summed E-state index contributed by atoms with van der Waals surface area (Å²) in [5.74, 6) is 0.815. The van der Waals surface area contributed by atoms with E-state index < -0.39 is 0 Å². The van der Waals surface area contributed by atoms with Crippen LogP contribution >= 0.6 is 0 Å². The van der Waals surface area contributed by atoms with Gasteiger partial charge < -0.3 is 15.4 Å². The third-order valence-electron chi connectivity index (χ3n) is 2.71. The standard InChI is InChI=1S/C11H16N2O/c1-13(8-3-4-8)11-6-5-9(14-2)7-10(11)12/h5-8H,3-4,12H2,1-2H3. The van der Waals surface area contributed by atoms with E-state index in [-0.39, 0.29) is 0 Å². The summed E-state index contributed by atoms with van der Waals surface area (Å²) in [5, 5.41) is 0. The molecule has 0 saturated heterocycles. The minimum absolute atomic E-state index is 0.686. The number of anilines is 2. The minimum Gasteiger partial charge on any atom is -0.497 e. The van der Waals surface area contributed by atoms with Crippen molar-refractivity contribution in [3.05, 3.63) is 18.2 Å². The van der Waals surface area contributed by atoms with E-state index in [1.165, 1.54) is 12.8 Å². The Bertz CT molecular complexity index is 334. The van der Waals surface area contributed by atoms with Gasteiger partial charge in [0, 0.05) is 19.2 Å². The molecule has 0 unspecified atom stereocenters. The minimum atomic E-state index is 0.686. The molecule has 1 aliphatic carbocycles. The maximum Gasteiger partial charge on any atom is 0.121 e. The topological polar surface area (TPSA) is 38.5 Å². The van der Waals surface area contributed by atoms with Crippen molar-refractivity contribution >= 4 is 11.4 Å². The zero-order valence-electron chi connectivity index (χ0n) is 8.66. The summed E-state index contributed by atoms with van der Waals surface area (Å²) in [5.41, 5.74) is 7.84. The van der Waals surface area contributed by atoms with Crippen LogP contribution in [-0.4, -0.2) is 20.2 Å². The number of nitrogen functional groups attached to an aromatic ring is 1. The Kier molecular flexibility index (Phi) is 2.23. The number of methoxy groups -OCH3 is 1. The van der Waals surface area contributed by atoms with Crippen LogP contribution in [0.3, 0.4) is 0 Å². The molecular weight excluding hydrogens is 176 g/mol. The number of ether oxygens (including phenoxy) is 1. The van der Waals surface area contributed by atoms with Crippen LogP contribution in [0.15, 0.2) is 18.2 Å². The van der Waals surface area contributed by atoms with Crippen LogP contribution in [0.25, 0.3) is 0 Å². The quantitative estimate of drug-likeness (QED) is 0.743. The summed E-state index contributed by atoms with van der Waals surface area (Å²) >= 11 is 0. The van der Waals surface area contributed by atoms with Crippen molar-refractivity contribution in [3.63, 3.8) is 0 Å². The smallest absolute Gasteiger partial charge is 0.121 e. The molecule has 0 atom stereocenters. The highest BCUT2D eigenvalue weighted by atomic mass is 16.5. The van der Waals surface area contributed by atoms with Gasteiger partial charge in [0.2, 0.25) is 0 Å². The van der Waals surface area contributed by atoms with Gasteiger partial charge in [-0.1, -0.05) is 0 Å². The van der Waals surface area contributed by atoms with Crippen LogP contribution in [0.4, 0.5) is 11.4 Å². The number of hydrogen-bond acceptors (Lipinski definition) is 3. The number of hydrogen-bond donors (Lipinski definition) is 1. The lowest BCUT2D eigenvalue weighted by Crippen LogP contribution is -2.20. The fourth-order valence-electron chi connectivity index (χ4n) is 1.64. The van der Waals surface area contributed by atoms with Gasteiger partial charge in [0.15, 0.2) is 0 Å². The Hall–Kier alpha value is -1.38. The fourth-order valence-corrected chi connectivity index (χ4v) is 1.64. The highest BCUT2D eigenvalue weighted by Gasteiger charge is 2.27. The molecule has 1 aromatic carbocycles. The average Bonchev–Trinajstić information content (AvgIpc) is 3.00. The molecule has 14 heavy (non-hydrogen) atoms. The van der Waals surface area contributed by atoms with Crippen LogP contribution in [0.2, 0.25) is 0 Å². The molecule has 2 rings (SSSR count). The van der Waals surface area contributed by atoms with E-state index in [1.807, 2.05) is 18.2 Å². The van der Waals surface area contributed by atoms with Gasteiger partial charge in [0.1, 0.15) is 5.75 Å². The van der Waals surface area contributed by atoms with E-state index in [1.54, 1.807) is 7.11 Å². The Morgan fingerprint density at radius 3 is 2.64 bits per heavy atom. The van der Waals surface area contributed by atoms with E-state index in [0.717, 1.165) is 17.1 Å². The second-order valence-corrected chi connectivity index (χ2v) is 3.77. The van der Waals surface area contributed by atoms with Crippen LogP contribution in [-0.2, 0) is 0 Å². The molecule has 1 aliphatic rings. The fraction of sp³-hybridized carbons (Fsp3) is 0.455.